The number of carbonyl (C=O) groups is 3. The van der Waals surface area contributed by atoms with E-state index in [1.807, 2.05) is 13.0 Å². The summed E-state index contributed by atoms with van der Waals surface area (Å²) in [6.07, 6.45) is 0.526. The quantitative estimate of drug-likeness (QED) is 0.551. The lowest BCUT2D eigenvalue weighted by molar-refractivity contribution is -0.147. The maximum Gasteiger partial charge on any atom is 0.306 e. The summed E-state index contributed by atoms with van der Waals surface area (Å²) in [5.74, 6) is -1.18. The lowest BCUT2D eigenvalue weighted by Gasteiger charge is -2.08. The van der Waals surface area contributed by atoms with Gasteiger partial charge in [0.05, 0.1) is 0 Å². The summed E-state index contributed by atoms with van der Waals surface area (Å²) >= 11 is 9.32. The molecule has 0 saturated carbocycles. The van der Waals surface area contributed by atoms with Crippen LogP contribution in [0.3, 0.4) is 0 Å². The van der Waals surface area contributed by atoms with Crippen molar-refractivity contribution in [2.45, 2.75) is 26.2 Å². The highest BCUT2D eigenvalue weighted by Gasteiger charge is 2.10. The number of hydrogen-bond acceptors (Lipinski definition) is 4. The molecule has 8 heteroatoms. The van der Waals surface area contributed by atoms with E-state index in [-0.39, 0.29) is 25.4 Å². The molecule has 0 atom stereocenters. The summed E-state index contributed by atoms with van der Waals surface area (Å²) < 4.78 is 5.81. The molecule has 0 saturated heterocycles. The van der Waals surface area contributed by atoms with Crippen molar-refractivity contribution in [3.05, 3.63) is 57.5 Å². The van der Waals surface area contributed by atoms with Crippen LogP contribution in [0.5, 0.6) is 0 Å². The number of anilines is 2. The maximum absolute atomic E-state index is 11.9. The van der Waals surface area contributed by atoms with E-state index < -0.39 is 11.9 Å². The fourth-order valence-electron chi connectivity index (χ4n) is 2.24. The van der Waals surface area contributed by atoms with E-state index >= 15 is 0 Å². The van der Waals surface area contributed by atoms with Gasteiger partial charge >= 0.3 is 5.97 Å². The Balaban J connectivity index is 1.63. The minimum atomic E-state index is -0.530. The molecule has 6 nitrogen and oxygen atoms in total. The Kier molecular flexibility index (Phi) is 8.47. The van der Waals surface area contributed by atoms with Crippen LogP contribution in [0.25, 0.3) is 0 Å². The van der Waals surface area contributed by atoms with E-state index in [0.29, 0.717) is 22.8 Å². The molecule has 2 aromatic rings. The number of aryl methyl sites for hydroxylation is 1. The standard InChI is InChI=1S/C20H20BrClN2O4/c1-13-5-8-16(11-17(13)22)24-18(25)3-2-4-20(27)28-12-19(26)23-15-9-6-14(21)7-10-15/h5-11H,2-4,12H2,1H3,(H,23,26)(H,24,25). The van der Waals surface area contributed by atoms with Crippen molar-refractivity contribution in [2.24, 2.45) is 0 Å². The van der Waals surface area contributed by atoms with Crippen LogP contribution in [-0.2, 0) is 19.1 Å². The van der Waals surface area contributed by atoms with Gasteiger partial charge in [-0.25, -0.2) is 0 Å². The number of rotatable bonds is 8. The van der Waals surface area contributed by atoms with Crippen molar-refractivity contribution in [1.29, 1.82) is 0 Å². The number of ether oxygens (including phenoxy) is 1. The molecule has 2 rings (SSSR count). The van der Waals surface area contributed by atoms with E-state index in [0.717, 1.165) is 10.0 Å². The molecule has 0 spiro atoms. The van der Waals surface area contributed by atoms with Gasteiger partial charge in [-0.3, -0.25) is 14.4 Å². The van der Waals surface area contributed by atoms with Gasteiger partial charge in [0, 0.05) is 33.7 Å². The second kappa shape index (κ2) is 10.8. The molecule has 2 aromatic carbocycles. The zero-order valence-corrected chi connectivity index (χ0v) is 17.6. The van der Waals surface area contributed by atoms with E-state index in [1.54, 1.807) is 36.4 Å². The Hall–Kier alpha value is -2.38. The molecule has 0 heterocycles. The number of halogens is 2. The van der Waals surface area contributed by atoms with Crippen molar-refractivity contribution in [1.82, 2.24) is 0 Å². The summed E-state index contributed by atoms with van der Waals surface area (Å²) in [4.78, 5) is 35.4. The number of amides is 2. The second-order valence-corrected chi connectivity index (χ2v) is 7.40. The lowest BCUT2D eigenvalue weighted by Crippen LogP contribution is -2.21. The third-order valence-corrected chi connectivity index (χ3v) is 4.67. The Morgan fingerprint density at radius 1 is 0.964 bits per heavy atom. The van der Waals surface area contributed by atoms with Crippen molar-refractivity contribution >= 4 is 56.7 Å². The van der Waals surface area contributed by atoms with Crippen LogP contribution < -0.4 is 10.6 Å². The average Bonchev–Trinajstić information content (AvgIpc) is 2.65. The second-order valence-electron chi connectivity index (χ2n) is 6.08. The average molecular weight is 468 g/mol. The highest BCUT2D eigenvalue weighted by atomic mass is 79.9. The molecule has 0 bridgehead atoms. The van der Waals surface area contributed by atoms with Gasteiger partial charge in [0.1, 0.15) is 0 Å². The molecular formula is C20H20BrClN2O4. The minimum absolute atomic E-state index is 0.0492. The summed E-state index contributed by atoms with van der Waals surface area (Å²) in [5, 5.41) is 5.92. The number of esters is 1. The molecule has 0 aliphatic rings. The van der Waals surface area contributed by atoms with Gasteiger partial charge in [0.25, 0.3) is 5.91 Å². The summed E-state index contributed by atoms with van der Waals surface area (Å²) in [5.41, 5.74) is 2.14. The van der Waals surface area contributed by atoms with Crippen molar-refractivity contribution in [2.75, 3.05) is 17.2 Å². The highest BCUT2D eigenvalue weighted by Crippen LogP contribution is 2.20. The predicted octanol–water partition coefficient (Wildman–Crippen LogP) is 4.70. The van der Waals surface area contributed by atoms with Gasteiger partial charge in [-0.05, 0) is 55.3 Å². The van der Waals surface area contributed by atoms with Gasteiger partial charge in [-0.15, -0.1) is 0 Å². The van der Waals surface area contributed by atoms with Crippen molar-refractivity contribution in [3.8, 4) is 0 Å². The lowest BCUT2D eigenvalue weighted by atomic mass is 10.2. The van der Waals surface area contributed by atoms with Crippen LogP contribution in [0.4, 0.5) is 11.4 Å². The first-order chi connectivity index (χ1) is 13.3. The molecule has 28 heavy (non-hydrogen) atoms. The topological polar surface area (TPSA) is 84.5 Å². The first kappa shape index (κ1) is 21.9. The van der Waals surface area contributed by atoms with Gasteiger partial charge in [0.2, 0.25) is 5.91 Å². The number of benzene rings is 2. The van der Waals surface area contributed by atoms with Crippen LogP contribution >= 0.6 is 27.5 Å². The third-order valence-electron chi connectivity index (χ3n) is 3.73. The number of hydrogen-bond donors (Lipinski definition) is 2. The zero-order chi connectivity index (χ0) is 20.5. The van der Waals surface area contributed by atoms with Crippen LogP contribution in [0.1, 0.15) is 24.8 Å². The Morgan fingerprint density at radius 3 is 2.29 bits per heavy atom. The molecule has 0 aliphatic carbocycles. The molecule has 0 fully saturated rings. The molecule has 2 amide bonds. The molecule has 0 unspecified atom stereocenters. The monoisotopic (exact) mass is 466 g/mol. The largest absolute Gasteiger partial charge is 0.456 e. The summed E-state index contributed by atoms with van der Waals surface area (Å²) in [6, 6.07) is 12.3. The smallest absolute Gasteiger partial charge is 0.306 e. The SMILES string of the molecule is Cc1ccc(NC(=O)CCCC(=O)OCC(=O)Nc2ccc(Br)cc2)cc1Cl. The third kappa shape index (κ3) is 7.70. The molecular weight excluding hydrogens is 448 g/mol. The van der Waals surface area contributed by atoms with Crippen molar-refractivity contribution in [3.63, 3.8) is 0 Å². The first-order valence-electron chi connectivity index (χ1n) is 8.60. The predicted molar refractivity (Wildman–Crippen MR) is 112 cm³/mol. The minimum Gasteiger partial charge on any atom is -0.456 e. The molecule has 0 aromatic heterocycles. The van der Waals surface area contributed by atoms with Gasteiger partial charge in [-0.1, -0.05) is 33.6 Å². The van der Waals surface area contributed by atoms with Crippen LogP contribution in [0.15, 0.2) is 46.9 Å². The van der Waals surface area contributed by atoms with Gasteiger partial charge < -0.3 is 15.4 Å². The van der Waals surface area contributed by atoms with E-state index in [1.165, 1.54) is 0 Å². The van der Waals surface area contributed by atoms with Crippen LogP contribution in [0.2, 0.25) is 5.02 Å². The molecule has 148 valence electrons. The van der Waals surface area contributed by atoms with Crippen molar-refractivity contribution < 1.29 is 19.1 Å². The van der Waals surface area contributed by atoms with E-state index in [9.17, 15) is 14.4 Å². The van der Waals surface area contributed by atoms with E-state index in [4.69, 9.17) is 16.3 Å². The highest BCUT2D eigenvalue weighted by molar-refractivity contribution is 9.10. The fraction of sp³-hybridized carbons (Fsp3) is 0.250. The van der Waals surface area contributed by atoms with Gasteiger partial charge in [0.15, 0.2) is 6.61 Å². The summed E-state index contributed by atoms with van der Waals surface area (Å²) in [6.45, 7) is 1.50. The number of carbonyl (C=O) groups excluding carboxylic acids is 3. The Bertz CT molecular complexity index is 856. The summed E-state index contributed by atoms with van der Waals surface area (Å²) in [7, 11) is 0. The molecule has 0 aliphatic heterocycles. The van der Waals surface area contributed by atoms with Crippen LogP contribution in [0, 0.1) is 6.92 Å². The normalized spacial score (nSPS) is 10.2. The Morgan fingerprint density at radius 2 is 1.61 bits per heavy atom. The van der Waals surface area contributed by atoms with Gasteiger partial charge in [-0.2, -0.15) is 0 Å². The maximum atomic E-state index is 11.9. The number of nitrogens with one attached hydrogen (secondary N) is 2. The van der Waals surface area contributed by atoms with E-state index in [2.05, 4.69) is 26.6 Å². The molecule has 0 radical (unpaired) electrons. The fourth-order valence-corrected chi connectivity index (χ4v) is 2.68. The zero-order valence-electron chi connectivity index (χ0n) is 15.3. The Labute approximate surface area is 176 Å². The molecule has 2 N–H and O–H groups in total. The van der Waals surface area contributed by atoms with Crippen LogP contribution in [-0.4, -0.2) is 24.4 Å². The first-order valence-corrected chi connectivity index (χ1v) is 9.77.